The van der Waals surface area contributed by atoms with E-state index in [0.29, 0.717) is 0 Å². The normalized spacial score (nSPS) is 26.1. The summed E-state index contributed by atoms with van der Waals surface area (Å²) in [7, 11) is -3.44. The van der Waals surface area contributed by atoms with Crippen molar-refractivity contribution in [2.24, 2.45) is 0 Å². The fraction of sp³-hybridized carbons (Fsp3) is 0.429. The van der Waals surface area contributed by atoms with E-state index in [1.54, 1.807) is 36.4 Å². The number of hydrogen-bond donors (Lipinski definition) is 0. The molecular weight excluding hydrogens is 391 g/mol. The molecule has 0 saturated carbocycles. The van der Waals surface area contributed by atoms with Crippen molar-refractivity contribution in [3.63, 3.8) is 0 Å². The molecule has 0 aromatic heterocycles. The van der Waals surface area contributed by atoms with Gasteiger partial charge in [-0.15, -0.1) is 0 Å². The fourth-order valence-corrected chi connectivity index (χ4v) is 3.75. The first-order chi connectivity index (χ1) is 9.34. The van der Waals surface area contributed by atoms with Crippen LogP contribution in [0.1, 0.15) is 13.8 Å². The zero-order valence-corrected chi connectivity index (χ0v) is 14.3. The Morgan fingerprint density at radius 2 is 1.90 bits per heavy atom. The molecule has 20 heavy (non-hydrogen) atoms. The molecule has 1 aliphatic heterocycles. The maximum atomic E-state index is 12.2. The molecule has 0 amide bonds. The van der Waals surface area contributed by atoms with E-state index in [9.17, 15) is 8.42 Å². The van der Waals surface area contributed by atoms with Gasteiger partial charge in [-0.1, -0.05) is 40.8 Å². The van der Waals surface area contributed by atoms with Gasteiger partial charge < -0.3 is 9.47 Å². The van der Waals surface area contributed by atoms with E-state index in [4.69, 9.17) is 9.47 Å². The molecule has 0 unspecified atom stereocenters. The van der Waals surface area contributed by atoms with E-state index in [1.165, 1.54) is 5.41 Å². The molecule has 4 nitrogen and oxygen atoms in total. The number of halogens is 1. The molecule has 1 aliphatic rings. The van der Waals surface area contributed by atoms with Crippen LogP contribution in [0, 0.1) is 0 Å². The molecule has 0 N–H and O–H groups in total. The first-order valence-corrected chi connectivity index (χ1v) is 9.31. The Labute approximate surface area is 133 Å². The Kier molecular flexibility index (Phi) is 4.88. The summed E-state index contributed by atoms with van der Waals surface area (Å²) in [6, 6.07) is 8.33. The predicted octanol–water partition coefficient (Wildman–Crippen LogP) is 2.93. The molecule has 1 saturated heterocycles. The van der Waals surface area contributed by atoms with E-state index >= 15 is 0 Å². The number of hydrogen-bond acceptors (Lipinski definition) is 4. The number of ether oxygens (including phenoxy) is 2. The second-order valence-electron chi connectivity index (χ2n) is 4.98. The molecule has 0 spiro atoms. The highest BCUT2D eigenvalue weighted by Crippen LogP contribution is 2.30. The fourth-order valence-electron chi connectivity index (χ4n) is 2.02. The molecule has 2 atom stereocenters. The summed E-state index contributed by atoms with van der Waals surface area (Å²) in [5, 5.41) is 1.21. The Morgan fingerprint density at radius 1 is 1.25 bits per heavy atom. The highest BCUT2D eigenvalue weighted by Gasteiger charge is 2.39. The van der Waals surface area contributed by atoms with Gasteiger partial charge >= 0.3 is 0 Å². The third-order valence-electron chi connectivity index (χ3n) is 2.89. The van der Waals surface area contributed by atoms with Crippen molar-refractivity contribution in [3.8, 4) is 0 Å². The van der Waals surface area contributed by atoms with Crippen LogP contribution >= 0.6 is 22.6 Å². The van der Waals surface area contributed by atoms with Gasteiger partial charge in [-0.25, -0.2) is 8.42 Å². The molecule has 1 aromatic rings. The van der Waals surface area contributed by atoms with E-state index in [-0.39, 0.29) is 17.1 Å². The molecule has 110 valence electrons. The van der Waals surface area contributed by atoms with E-state index < -0.39 is 15.6 Å². The molecule has 2 rings (SSSR count). The lowest BCUT2D eigenvalue weighted by Gasteiger charge is -2.15. The molecular formula is C14H17IO4S. The molecule has 0 bridgehead atoms. The van der Waals surface area contributed by atoms with Crippen molar-refractivity contribution in [2.75, 3.05) is 4.43 Å². The van der Waals surface area contributed by atoms with Gasteiger partial charge in [0.1, 0.15) is 6.10 Å². The minimum absolute atomic E-state index is 0.132. The molecule has 1 heterocycles. The Morgan fingerprint density at radius 3 is 2.50 bits per heavy atom. The van der Waals surface area contributed by atoms with Crippen molar-refractivity contribution in [2.45, 2.75) is 36.7 Å². The van der Waals surface area contributed by atoms with Gasteiger partial charge in [0, 0.05) is 9.84 Å². The van der Waals surface area contributed by atoms with Crippen LogP contribution in [0.25, 0.3) is 0 Å². The molecule has 0 radical (unpaired) electrons. The van der Waals surface area contributed by atoms with Crippen molar-refractivity contribution in [1.29, 1.82) is 0 Å². The van der Waals surface area contributed by atoms with Crippen LogP contribution < -0.4 is 0 Å². The second-order valence-corrected chi connectivity index (χ2v) is 7.69. The second kappa shape index (κ2) is 6.13. The molecule has 6 heteroatoms. The zero-order valence-electron chi connectivity index (χ0n) is 11.3. The van der Waals surface area contributed by atoms with Gasteiger partial charge in [-0.2, -0.15) is 0 Å². The largest absolute Gasteiger partial charge is 0.343 e. The summed E-state index contributed by atoms with van der Waals surface area (Å²) < 4.78 is 36.5. The lowest BCUT2D eigenvalue weighted by atomic mass is 10.2. The summed E-state index contributed by atoms with van der Waals surface area (Å²) in [6.45, 7) is 3.65. The van der Waals surface area contributed by atoms with Gasteiger partial charge in [0.15, 0.2) is 15.6 Å². The zero-order chi connectivity index (χ0) is 14.8. The van der Waals surface area contributed by atoms with Crippen molar-refractivity contribution in [1.82, 2.24) is 0 Å². The maximum absolute atomic E-state index is 12.2. The summed E-state index contributed by atoms with van der Waals surface area (Å²) in [5.41, 5.74) is 0. The van der Waals surface area contributed by atoms with Gasteiger partial charge in [0.05, 0.1) is 11.0 Å². The first kappa shape index (κ1) is 15.9. The summed E-state index contributed by atoms with van der Waals surface area (Å²) in [5.74, 6) is -0.679. The monoisotopic (exact) mass is 408 g/mol. The highest BCUT2D eigenvalue weighted by molar-refractivity contribution is 14.1. The quantitative estimate of drug-likeness (QED) is 0.568. The van der Waals surface area contributed by atoms with Crippen LogP contribution in [-0.2, 0) is 19.3 Å². The predicted molar refractivity (Wildman–Crippen MR) is 85.5 cm³/mol. The average molecular weight is 408 g/mol. The number of rotatable bonds is 4. The third kappa shape index (κ3) is 3.81. The maximum Gasteiger partial charge on any atom is 0.199 e. The first-order valence-electron chi connectivity index (χ1n) is 6.24. The summed E-state index contributed by atoms with van der Waals surface area (Å²) >= 11 is 2.21. The Bertz CT molecular complexity index is 580. The van der Waals surface area contributed by atoms with Crippen molar-refractivity contribution in [3.05, 3.63) is 41.8 Å². The lowest BCUT2D eigenvalue weighted by molar-refractivity contribution is -0.140. The molecule has 1 aromatic carbocycles. The van der Waals surface area contributed by atoms with Gasteiger partial charge in [0.25, 0.3) is 0 Å². The van der Waals surface area contributed by atoms with Crippen LogP contribution in [0.5, 0.6) is 0 Å². The molecule has 0 aliphatic carbocycles. The van der Waals surface area contributed by atoms with Crippen LogP contribution in [0.3, 0.4) is 0 Å². The summed E-state index contributed by atoms with van der Waals surface area (Å²) in [6.07, 6.45) is 1.09. The third-order valence-corrected chi connectivity index (χ3v) is 5.21. The topological polar surface area (TPSA) is 52.6 Å². The van der Waals surface area contributed by atoms with Crippen molar-refractivity contribution >= 4 is 32.4 Å². The highest BCUT2D eigenvalue weighted by atomic mass is 127. The van der Waals surface area contributed by atoms with Crippen LogP contribution in [-0.4, -0.2) is 30.8 Å². The lowest BCUT2D eigenvalue weighted by Crippen LogP contribution is -2.22. The number of alkyl halides is 1. The summed E-state index contributed by atoms with van der Waals surface area (Å²) in [4.78, 5) is 0.278. The Balaban J connectivity index is 2.17. The van der Waals surface area contributed by atoms with E-state index in [0.717, 1.165) is 4.43 Å². The molecule has 1 fully saturated rings. The Hall–Kier alpha value is -0.440. The minimum atomic E-state index is -3.44. The van der Waals surface area contributed by atoms with Crippen LogP contribution in [0.2, 0.25) is 0 Å². The van der Waals surface area contributed by atoms with Gasteiger partial charge in [0.2, 0.25) is 0 Å². The SMILES string of the molecule is CC1(C)O[C@@H](CI)[C@@H](/C=C/S(=O)(=O)c2ccccc2)O1. The van der Waals surface area contributed by atoms with Gasteiger partial charge in [-0.3, -0.25) is 0 Å². The average Bonchev–Trinajstić information content (AvgIpc) is 2.72. The standard InChI is InChI=1S/C14H17IO4S/c1-14(2)18-12(13(10-15)19-14)8-9-20(16,17)11-6-4-3-5-7-11/h3-9,12-13H,10H2,1-2H3/b9-8+/t12-,13+/m1/s1. The van der Waals surface area contributed by atoms with Crippen LogP contribution in [0.4, 0.5) is 0 Å². The van der Waals surface area contributed by atoms with Crippen molar-refractivity contribution < 1.29 is 17.9 Å². The van der Waals surface area contributed by atoms with Crippen LogP contribution in [0.15, 0.2) is 46.7 Å². The minimum Gasteiger partial charge on any atom is -0.343 e. The van der Waals surface area contributed by atoms with E-state index in [2.05, 4.69) is 22.6 Å². The smallest absolute Gasteiger partial charge is 0.199 e. The van der Waals surface area contributed by atoms with Gasteiger partial charge in [-0.05, 0) is 32.1 Å². The number of benzene rings is 1. The number of sulfone groups is 1. The van der Waals surface area contributed by atoms with E-state index in [1.807, 2.05) is 13.8 Å².